The first-order chi connectivity index (χ1) is 11.9. The van der Waals surface area contributed by atoms with E-state index in [0.29, 0.717) is 18.4 Å². The van der Waals surface area contributed by atoms with Gasteiger partial charge in [-0.25, -0.2) is 4.68 Å². The molecule has 0 atom stereocenters. The van der Waals surface area contributed by atoms with Crippen LogP contribution < -0.4 is 5.56 Å². The van der Waals surface area contributed by atoms with E-state index in [1.54, 1.807) is 10.7 Å². The highest BCUT2D eigenvalue weighted by atomic mass is 16.5. The summed E-state index contributed by atoms with van der Waals surface area (Å²) in [7, 11) is 0. The van der Waals surface area contributed by atoms with Crippen LogP contribution in [0.4, 0.5) is 0 Å². The number of likely N-dealkylation sites (tertiary alicyclic amines) is 1. The van der Waals surface area contributed by atoms with Gasteiger partial charge in [0.25, 0.3) is 5.56 Å². The van der Waals surface area contributed by atoms with Gasteiger partial charge >= 0.3 is 0 Å². The molecule has 25 heavy (non-hydrogen) atoms. The highest BCUT2D eigenvalue weighted by Crippen LogP contribution is 2.38. The van der Waals surface area contributed by atoms with Gasteiger partial charge in [0.05, 0.1) is 18.8 Å². The second kappa shape index (κ2) is 6.05. The summed E-state index contributed by atoms with van der Waals surface area (Å²) in [4.78, 5) is 18.8. The predicted molar refractivity (Wildman–Crippen MR) is 92.2 cm³/mol. The van der Waals surface area contributed by atoms with Gasteiger partial charge in [-0.3, -0.25) is 9.69 Å². The summed E-state index contributed by atoms with van der Waals surface area (Å²) >= 11 is 0. The summed E-state index contributed by atoms with van der Waals surface area (Å²) in [6.45, 7) is 9.57. The molecule has 134 valence electrons. The number of hydrogen-bond acceptors (Lipinski definition) is 6. The third-order valence-corrected chi connectivity index (χ3v) is 4.87. The predicted octanol–water partition coefficient (Wildman–Crippen LogP) is 1.93. The lowest BCUT2D eigenvalue weighted by atomic mass is 9.92. The molecular weight excluding hydrogens is 318 g/mol. The van der Waals surface area contributed by atoms with Crippen molar-refractivity contribution in [2.45, 2.75) is 58.0 Å². The first-order valence-corrected chi connectivity index (χ1v) is 9.02. The fourth-order valence-electron chi connectivity index (χ4n) is 3.17. The molecule has 0 N–H and O–H groups in total. The van der Waals surface area contributed by atoms with Gasteiger partial charge < -0.3 is 4.52 Å². The first-order valence-electron chi connectivity index (χ1n) is 9.02. The minimum absolute atomic E-state index is 0.0290. The fourth-order valence-corrected chi connectivity index (χ4v) is 3.17. The van der Waals surface area contributed by atoms with Crippen molar-refractivity contribution in [3.8, 4) is 0 Å². The molecule has 0 spiro atoms. The van der Waals surface area contributed by atoms with Crippen molar-refractivity contribution >= 4 is 0 Å². The van der Waals surface area contributed by atoms with Gasteiger partial charge in [-0.1, -0.05) is 25.9 Å². The largest absolute Gasteiger partial charge is 0.339 e. The van der Waals surface area contributed by atoms with Gasteiger partial charge in [-0.15, -0.1) is 0 Å². The molecular formula is C18H25N5O2. The molecule has 0 aromatic carbocycles. The van der Waals surface area contributed by atoms with E-state index >= 15 is 0 Å². The zero-order valence-corrected chi connectivity index (χ0v) is 15.1. The average Bonchev–Trinajstić information content (AvgIpc) is 3.25. The van der Waals surface area contributed by atoms with Crippen LogP contribution in [-0.2, 0) is 18.5 Å². The minimum atomic E-state index is -0.0566. The van der Waals surface area contributed by atoms with Crippen LogP contribution in [0.2, 0.25) is 0 Å². The maximum Gasteiger partial charge on any atom is 0.266 e. The van der Waals surface area contributed by atoms with E-state index in [2.05, 4.69) is 40.9 Å². The van der Waals surface area contributed by atoms with Crippen molar-refractivity contribution in [3.63, 3.8) is 0 Å². The van der Waals surface area contributed by atoms with Crippen molar-refractivity contribution < 1.29 is 4.52 Å². The second-order valence-electron chi connectivity index (χ2n) is 8.37. The van der Waals surface area contributed by atoms with Crippen molar-refractivity contribution in [2.75, 3.05) is 13.1 Å². The zero-order chi connectivity index (χ0) is 17.6. The van der Waals surface area contributed by atoms with Crippen LogP contribution in [0.1, 0.15) is 56.9 Å². The molecule has 7 nitrogen and oxygen atoms in total. The quantitative estimate of drug-likeness (QED) is 0.826. The van der Waals surface area contributed by atoms with Gasteiger partial charge in [0.2, 0.25) is 5.89 Å². The maximum absolute atomic E-state index is 12.1. The number of rotatable bonds is 5. The molecule has 0 unspecified atom stereocenters. The van der Waals surface area contributed by atoms with Crippen LogP contribution in [-0.4, -0.2) is 37.9 Å². The summed E-state index contributed by atoms with van der Waals surface area (Å²) in [6.07, 6.45) is 2.34. The summed E-state index contributed by atoms with van der Waals surface area (Å²) < 4.78 is 6.91. The number of nitrogens with zero attached hydrogens (tertiary/aromatic N) is 5. The summed E-state index contributed by atoms with van der Waals surface area (Å²) in [6, 6.07) is 3.46. The zero-order valence-electron chi connectivity index (χ0n) is 15.1. The molecule has 0 bridgehead atoms. The normalized spacial score (nSPS) is 19.2. The van der Waals surface area contributed by atoms with Crippen LogP contribution >= 0.6 is 0 Å². The van der Waals surface area contributed by atoms with Crippen LogP contribution in [0.25, 0.3) is 0 Å². The Morgan fingerprint density at radius 2 is 2.00 bits per heavy atom. The standard InChI is InChI=1S/C18H25N5O2/c1-18(2,3)14-6-7-16(24)23(20-14)10-12-8-22(9-12)11-15-19-17(25-21-15)13-4-5-13/h6-7,12-13H,4-5,8-11H2,1-3H3. The van der Waals surface area contributed by atoms with E-state index in [9.17, 15) is 4.79 Å². The lowest BCUT2D eigenvalue weighted by molar-refractivity contribution is 0.0729. The monoisotopic (exact) mass is 343 g/mol. The van der Waals surface area contributed by atoms with E-state index in [4.69, 9.17) is 4.52 Å². The van der Waals surface area contributed by atoms with E-state index in [1.165, 1.54) is 12.8 Å². The smallest absolute Gasteiger partial charge is 0.266 e. The molecule has 0 amide bonds. The van der Waals surface area contributed by atoms with Gasteiger partial charge in [0.15, 0.2) is 5.82 Å². The molecule has 2 aromatic rings. The van der Waals surface area contributed by atoms with Crippen LogP contribution in [0, 0.1) is 5.92 Å². The summed E-state index contributed by atoms with van der Waals surface area (Å²) in [5.74, 6) is 2.50. The minimum Gasteiger partial charge on any atom is -0.339 e. The Kier molecular flexibility index (Phi) is 3.98. The third kappa shape index (κ3) is 3.66. The topological polar surface area (TPSA) is 77.0 Å². The molecule has 4 rings (SSSR count). The Bertz CT molecular complexity index is 809. The van der Waals surface area contributed by atoms with Gasteiger partial charge in [-0.05, 0) is 18.9 Å². The Hall–Kier alpha value is -2.02. The Morgan fingerprint density at radius 3 is 2.68 bits per heavy atom. The number of aromatic nitrogens is 4. The van der Waals surface area contributed by atoms with Gasteiger partial charge in [0.1, 0.15) is 0 Å². The molecule has 2 aliphatic rings. The molecule has 1 aliphatic heterocycles. The molecule has 2 fully saturated rings. The highest BCUT2D eigenvalue weighted by Gasteiger charge is 2.32. The molecule has 7 heteroatoms. The molecule has 2 aromatic heterocycles. The first kappa shape index (κ1) is 16.4. The van der Waals surface area contributed by atoms with E-state index in [0.717, 1.165) is 37.0 Å². The van der Waals surface area contributed by atoms with Crippen LogP contribution in [0.15, 0.2) is 21.5 Å². The van der Waals surface area contributed by atoms with Crippen molar-refractivity contribution in [3.05, 3.63) is 39.9 Å². The molecule has 1 aliphatic carbocycles. The fraction of sp³-hybridized carbons (Fsp3) is 0.667. The molecule has 1 saturated carbocycles. The van der Waals surface area contributed by atoms with Gasteiger partial charge in [0, 0.05) is 36.4 Å². The average molecular weight is 343 g/mol. The van der Waals surface area contributed by atoms with Crippen molar-refractivity contribution in [2.24, 2.45) is 5.92 Å². The lowest BCUT2D eigenvalue weighted by Gasteiger charge is -2.38. The molecule has 3 heterocycles. The van der Waals surface area contributed by atoms with Crippen molar-refractivity contribution in [1.29, 1.82) is 0 Å². The van der Waals surface area contributed by atoms with Crippen molar-refractivity contribution in [1.82, 2.24) is 24.8 Å². The Morgan fingerprint density at radius 1 is 1.24 bits per heavy atom. The summed E-state index contributed by atoms with van der Waals surface area (Å²) in [5.41, 5.74) is 0.861. The lowest BCUT2D eigenvalue weighted by Crippen LogP contribution is -2.49. The molecule has 1 saturated heterocycles. The Labute approximate surface area is 147 Å². The van der Waals surface area contributed by atoms with Crippen LogP contribution in [0.3, 0.4) is 0 Å². The van der Waals surface area contributed by atoms with E-state index in [1.807, 2.05) is 6.07 Å². The van der Waals surface area contributed by atoms with Gasteiger partial charge in [-0.2, -0.15) is 10.1 Å². The molecule has 0 radical (unpaired) electrons. The Balaban J connectivity index is 1.32. The highest BCUT2D eigenvalue weighted by molar-refractivity contribution is 5.10. The third-order valence-electron chi connectivity index (χ3n) is 4.87. The van der Waals surface area contributed by atoms with E-state index in [-0.39, 0.29) is 11.0 Å². The number of hydrogen-bond donors (Lipinski definition) is 0. The maximum atomic E-state index is 12.1. The SMILES string of the molecule is CC(C)(C)c1ccc(=O)n(CC2CN(Cc3noc(C4CC4)n3)C2)n1. The second-order valence-corrected chi connectivity index (χ2v) is 8.37. The summed E-state index contributed by atoms with van der Waals surface area (Å²) in [5, 5.41) is 8.62. The van der Waals surface area contributed by atoms with Crippen LogP contribution in [0.5, 0.6) is 0 Å². The van der Waals surface area contributed by atoms with E-state index < -0.39 is 0 Å².